The third kappa shape index (κ3) is 5.01. The van der Waals surface area contributed by atoms with Crippen molar-refractivity contribution in [2.75, 3.05) is 31.6 Å². The van der Waals surface area contributed by atoms with E-state index in [9.17, 15) is 22.8 Å². The molecule has 0 radical (unpaired) electrons. The Labute approximate surface area is 195 Å². The van der Waals surface area contributed by atoms with Gasteiger partial charge in [-0.1, -0.05) is 24.3 Å². The van der Waals surface area contributed by atoms with Crippen molar-refractivity contribution in [3.8, 4) is 0 Å². The molecule has 0 bridgehead atoms. The summed E-state index contributed by atoms with van der Waals surface area (Å²) in [6.45, 7) is 2.53. The first-order valence-corrected chi connectivity index (χ1v) is 12.0. The highest BCUT2D eigenvalue weighted by Gasteiger charge is 2.27. The van der Waals surface area contributed by atoms with Crippen molar-refractivity contribution in [2.45, 2.75) is 17.9 Å². The van der Waals surface area contributed by atoms with Gasteiger partial charge in [0.15, 0.2) is 6.10 Å². The molecule has 0 unspecified atom stereocenters. The second-order valence-corrected chi connectivity index (χ2v) is 9.61. The summed E-state index contributed by atoms with van der Waals surface area (Å²) < 4.78 is 37.5. The minimum absolute atomic E-state index is 0.0341. The molecule has 34 heavy (non-hydrogen) atoms. The molecule has 1 aromatic heterocycles. The molecule has 2 heterocycles. The van der Waals surface area contributed by atoms with E-state index < -0.39 is 33.6 Å². The van der Waals surface area contributed by atoms with Crippen molar-refractivity contribution in [3.05, 3.63) is 70.5 Å². The number of esters is 1. The second-order valence-electron chi connectivity index (χ2n) is 7.67. The number of nitrogens with one attached hydrogen (secondary N) is 2. The lowest BCUT2D eigenvalue weighted by Gasteiger charge is -2.26. The molecule has 1 aliphatic rings. The Kier molecular flexibility index (Phi) is 6.77. The number of amides is 1. The molecule has 0 saturated carbocycles. The van der Waals surface area contributed by atoms with Crippen LogP contribution in [0.25, 0.3) is 10.9 Å². The predicted molar refractivity (Wildman–Crippen MR) is 124 cm³/mol. The van der Waals surface area contributed by atoms with Crippen LogP contribution in [-0.2, 0) is 24.3 Å². The highest BCUT2D eigenvalue weighted by molar-refractivity contribution is 7.89. The third-order valence-electron chi connectivity index (χ3n) is 5.33. The van der Waals surface area contributed by atoms with Gasteiger partial charge in [0, 0.05) is 35.7 Å². The average Bonchev–Trinajstić information content (AvgIpc) is 2.84. The van der Waals surface area contributed by atoms with E-state index in [1.165, 1.54) is 35.5 Å². The Morgan fingerprint density at radius 1 is 1.09 bits per heavy atom. The molecule has 2 N–H and O–H groups in total. The molecule has 1 atom stereocenters. The number of carbonyl (C=O) groups is 2. The molecule has 2 aromatic carbocycles. The summed E-state index contributed by atoms with van der Waals surface area (Å²) in [4.78, 5) is 39.9. The number of benzene rings is 2. The van der Waals surface area contributed by atoms with Gasteiger partial charge in [0.25, 0.3) is 5.91 Å². The van der Waals surface area contributed by atoms with Gasteiger partial charge in [-0.25, -0.2) is 13.2 Å². The smallest absolute Gasteiger partial charge is 0.339 e. The maximum absolute atomic E-state index is 12.9. The number of sulfonamides is 1. The predicted octanol–water partition coefficient (Wildman–Crippen LogP) is 1.73. The van der Waals surface area contributed by atoms with Gasteiger partial charge < -0.3 is 19.8 Å². The molecular weight excluding hydrogens is 462 g/mol. The summed E-state index contributed by atoms with van der Waals surface area (Å²) in [5.41, 5.74) is 0.278. The maximum atomic E-state index is 12.9. The van der Waals surface area contributed by atoms with E-state index in [-0.39, 0.29) is 29.2 Å². The number of aromatic nitrogens is 1. The highest BCUT2D eigenvalue weighted by atomic mass is 32.2. The number of carbonyl (C=O) groups excluding carboxylic acids is 2. The van der Waals surface area contributed by atoms with E-state index in [4.69, 9.17) is 9.47 Å². The summed E-state index contributed by atoms with van der Waals surface area (Å²) in [6, 6.07) is 13.7. The molecular formula is C23H23N3O7S. The number of fused-ring (bicyclic) bond motifs is 1. The monoisotopic (exact) mass is 485 g/mol. The van der Waals surface area contributed by atoms with Crippen molar-refractivity contribution in [1.82, 2.24) is 9.29 Å². The topological polar surface area (TPSA) is 135 Å². The average molecular weight is 486 g/mol. The number of H-pyrrole nitrogens is 1. The molecule has 3 aromatic rings. The van der Waals surface area contributed by atoms with Crippen LogP contribution < -0.4 is 10.9 Å². The van der Waals surface area contributed by atoms with Gasteiger partial charge in [-0.3, -0.25) is 9.59 Å². The first-order valence-electron chi connectivity index (χ1n) is 10.6. The zero-order valence-electron chi connectivity index (χ0n) is 18.3. The third-order valence-corrected chi connectivity index (χ3v) is 7.23. The fourth-order valence-corrected chi connectivity index (χ4v) is 5.02. The summed E-state index contributed by atoms with van der Waals surface area (Å²) in [5.74, 6) is -1.47. The van der Waals surface area contributed by atoms with E-state index in [0.717, 1.165) is 6.07 Å². The standard InChI is InChI=1S/C23H23N3O7S/c1-15(33-23(29)19-14-21(27)25-20-8-3-2-7-18(19)20)22(28)24-16-5-4-6-17(13-16)34(30,31)26-9-11-32-12-10-26/h2-8,13-15H,9-12H2,1H3,(H,24,28)(H,25,27)/t15-/m1/s1. The van der Waals surface area contributed by atoms with E-state index in [0.29, 0.717) is 24.1 Å². The molecule has 0 aliphatic carbocycles. The van der Waals surface area contributed by atoms with Crippen LogP contribution in [0.1, 0.15) is 17.3 Å². The summed E-state index contributed by atoms with van der Waals surface area (Å²) in [6.07, 6.45) is -1.20. The maximum Gasteiger partial charge on any atom is 0.339 e. The summed E-state index contributed by atoms with van der Waals surface area (Å²) in [5, 5.41) is 3.06. The SMILES string of the molecule is C[C@@H](OC(=O)c1cc(=O)[nH]c2ccccc12)C(=O)Nc1cccc(S(=O)(=O)N2CCOCC2)c1. The number of rotatable bonds is 6. The van der Waals surface area contributed by atoms with Gasteiger partial charge >= 0.3 is 5.97 Å². The number of para-hydroxylation sites is 1. The van der Waals surface area contributed by atoms with Crippen LogP contribution >= 0.6 is 0 Å². The normalized spacial score (nSPS) is 15.6. The molecule has 0 spiro atoms. The van der Waals surface area contributed by atoms with Gasteiger partial charge in [-0.2, -0.15) is 4.31 Å². The van der Waals surface area contributed by atoms with Crippen LogP contribution in [0.2, 0.25) is 0 Å². The number of pyridine rings is 1. The number of nitrogens with zero attached hydrogens (tertiary/aromatic N) is 1. The van der Waals surface area contributed by atoms with Crippen LogP contribution in [0.5, 0.6) is 0 Å². The van der Waals surface area contributed by atoms with Crippen LogP contribution in [0.15, 0.2) is 64.3 Å². The van der Waals surface area contributed by atoms with E-state index in [1.54, 1.807) is 24.3 Å². The molecule has 1 fully saturated rings. The minimum atomic E-state index is -3.74. The van der Waals surface area contributed by atoms with Crippen molar-refractivity contribution in [2.24, 2.45) is 0 Å². The van der Waals surface area contributed by atoms with E-state index in [2.05, 4.69) is 10.3 Å². The highest BCUT2D eigenvalue weighted by Crippen LogP contribution is 2.21. The van der Waals surface area contributed by atoms with Gasteiger partial charge in [0.2, 0.25) is 15.6 Å². The Bertz CT molecular complexity index is 1390. The lowest BCUT2D eigenvalue weighted by atomic mass is 10.1. The molecule has 1 amide bonds. The fourth-order valence-electron chi connectivity index (χ4n) is 3.57. The Morgan fingerprint density at radius 3 is 2.59 bits per heavy atom. The zero-order valence-corrected chi connectivity index (χ0v) is 19.1. The first-order chi connectivity index (χ1) is 16.3. The largest absolute Gasteiger partial charge is 0.449 e. The molecule has 1 aliphatic heterocycles. The molecule has 11 heteroatoms. The van der Waals surface area contributed by atoms with Gasteiger partial charge in [-0.05, 0) is 31.2 Å². The minimum Gasteiger partial charge on any atom is -0.449 e. The van der Waals surface area contributed by atoms with Crippen LogP contribution in [0.4, 0.5) is 5.69 Å². The van der Waals surface area contributed by atoms with Crippen molar-refractivity contribution in [1.29, 1.82) is 0 Å². The quantitative estimate of drug-likeness (QED) is 0.508. The van der Waals surface area contributed by atoms with Crippen LogP contribution in [0.3, 0.4) is 0 Å². The number of ether oxygens (including phenoxy) is 2. The molecule has 4 rings (SSSR count). The second kappa shape index (κ2) is 9.75. The first kappa shape index (κ1) is 23.6. The lowest BCUT2D eigenvalue weighted by molar-refractivity contribution is -0.123. The van der Waals surface area contributed by atoms with E-state index >= 15 is 0 Å². The zero-order chi connectivity index (χ0) is 24.3. The van der Waals surface area contributed by atoms with Crippen molar-refractivity contribution >= 4 is 38.5 Å². The number of anilines is 1. The van der Waals surface area contributed by atoms with Crippen molar-refractivity contribution in [3.63, 3.8) is 0 Å². The summed E-state index contributed by atoms with van der Waals surface area (Å²) in [7, 11) is -3.74. The Balaban J connectivity index is 1.47. The molecule has 1 saturated heterocycles. The summed E-state index contributed by atoms with van der Waals surface area (Å²) >= 11 is 0. The van der Waals surface area contributed by atoms with E-state index in [1.807, 2.05) is 0 Å². The lowest BCUT2D eigenvalue weighted by Crippen LogP contribution is -2.40. The van der Waals surface area contributed by atoms with Crippen molar-refractivity contribution < 1.29 is 27.5 Å². The van der Waals surface area contributed by atoms with Gasteiger partial charge in [-0.15, -0.1) is 0 Å². The van der Waals surface area contributed by atoms with Crippen LogP contribution in [-0.4, -0.2) is 62.0 Å². The fraction of sp³-hybridized carbons (Fsp3) is 0.261. The number of morpholine rings is 1. The molecule has 10 nitrogen and oxygen atoms in total. The van der Waals surface area contributed by atoms with Gasteiger partial charge in [0.05, 0.1) is 23.7 Å². The Hall–Kier alpha value is -3.54. The van der Waals surface area contributed by atoms with Gasteiger partial charge in [0.1, 0.15) is 0 Å². The number of hydrogen-bond acceptors (Lipinski definition) is 7. The Morgan fingerprint density at radius 2 is 1.82 bits per heavy atom. The molecule has 178 valence electrons. The van der Waals surface area contributed by atoms with Crippen LogP contribution in [0, 0.1) is 0 Å². The number of aromatic amines is 1. The number of hydrogen-bond donors (Lipinski definition) is 2.